The molecule has 0 heterocycles. The third kappa shape index (κ3) is 3.82. The van der Waals surface area contributed by atoms with Crippen LogP contribution in [0.4, 0.5) is 0 Å². The number of halogens is 1. The zero-order chi connectivity index (χ0) is 8.10. The second kappa shape index (κ2) is 4.82. The number of rotatable bonds is 3. The average molecular weight is 280 g/mol. The maximum absolute atomic E-state index is 5.67. The molecule has 2 heteroatoms. The van der Waals surface area contributed by atoms with Crippen LogP contribution in [0.5, 0.6) is 0 Å². The van der Waals surface area contributed by atoms with Gasteiger partial charge in [0.25, 0.3) is 0 Å². The van der Waals surface area contributed by atoms with E-state index in [0.29, 0.717) is 0 Å². The Kier molecular flexibility index (Phi) is 4.00. The normalized spacial score (nSPS) is 9.55. The third-order valence-corrected chi connectivity index (χ3v) is 4.90. The number of hydrogen-bond donors (Lipinski definition) is 0. The third-order valence-electron chi connectivity index (χ3n) is 1.14. The first-order valence-corrected chi connectivity index (χ1v) is 6.49. The second-order valence-corrected chi connectivity index (χ2v) is 5.65. The van der Waals surface area contributed by atoms with E-state index >= 15 is 0 Å². The summed E-state index contributed by atoms with van der Waals surface area (Å²) in [6, 6.07) is 10.5. The molecule has 0 aliphatic heterocycles. The van der Waals surface area contributed by atoms with Crippen molar-refractivity contribution in [1.82, 2.24) is 0 Å². The molecular formula is C9H9ClTe. The van der Waals surface area contributed by atoms with Crippen LogP contribution in [0.1, 0.15) is 0 Å². The van der Waals surface area contributed by atoms with Crippen molar-refractivity contribution in [1.29, 1.82) is 0 Å². The minimum atomic E-state index is -0.115. The average Bonchev–Trinajstić information content (AvgIpc) is 2.03. The van der Waals surface area contributed by atoms with Gasteiger partial charge < -0.3 is 0 Å². The van der Waals surface area contributed by atoms with Gasteiger partial charge in [0.2, 0.25) is 0 Å². The van der Waals surface area contributed by atoms with Crippen LogP contribution in [0.3, 0.4) is 0 Å². The predicted molar refractivity (Wildman–Crippen MR) is 51.6 cm³/mol. The second-order valence-electron chi connectivity index (χ2n) is 2.12. The molecule has 0 N–H and O–H groups in total. The summed E-state index contributed by atoms with van der Waals surface area (Å²) in [5.74, 6) is 0. The van der Waals surface area contributed by atoms with Gasteiger partial charge in [0.1, 0.15) is 0 Å². The van der Waals surface area contributed by atoms with E-state index in [0.717, 1.165) is 9.50 Å². The van der Waals surface area contributed by atoms with Crippen LogP contribution in [0, 0.1) is 0 Å². The van der Waals surface area contributed by atoms with Crippen LogP contribution in [0.25, 0.3) is 0 Å². The molecular weight excluding hydrogens is 271 g/mol. The zero-order valence-corrected chi connectivity index (χ0v) is 9.17. The van der Waals surface area contributed by atoms with E-state index in [9.17, 15) is 0 Å². The van der Waals surface area contributed by atoms with Gasteiger partial charge in [-0.3, -0.25) is 0 Å². The van der Waals surface area contributed by atoms with Gasteiger partial charge in [0, 0.05) is 0 Å². The van der Waals surface area contributed by atoms with Crippen molar-refractivity contribution in [3.63, 3.8) is 0 Å². The van der Waals surface area contributed by atoms with Crippen molar-refractivity contribution in [3.8, 4) is 0 Å². The van der Waals surface area contributed by atoms with Crippen LogP contribution in [-0.2, 0) is 0 Å². The molecule has 11 heavy (non-hydrogen) atoms. The van der Waals surface area contributed by atoms with Gasteiger partial charge in [-0.1, -0.05) is 0 Å². The van der Waals surface area contributed by atoms with Crippen LogP contribution in [0.15, 0.2) is 41.9 Å². The molecule has 0 amide bonds. The molecule has 1 aromatic carbocycles. The summed E-state index contributed by atoms with van der Waals surface area (Å²) < 4.78 is 2.44. The van der Waals surface area contributed by atoms with E-state index in [1.165, 1.54) is 3.61 Å². The van der Waals surface area contributed by atoms with Crippen molar-refractivity contribution < 1.29 is 0 Å². The minimum absolute atomic E-state index is 0.115. The van der Waals surface area contributed by atoms with Crippen molar-refractivity contribution in [2.24, 2.45) is 0 Å². The summed E-state index contributed by atoms with van der Waals surface area (Å²) >= 11 is 5.55. The Morgan fingerprint density at radius 1 is 1.36 bits per heavy atom. The quantitative estimate of drug-likeness (QED) is 0.745. The first kappa shape index (κ1) is 9.13. The summed E-state index contributed by atoms with van der Waals surface area (Å²) in [5.41, 5.74) is 0. The van der Waals surface area contributed by atoms with E-state index in [2.05, 4.69) is 30.8 Å². The SMILES string of the molecule is C=C(Cl)C[Te]c1ccccc1. The van der Waals surface area contributed by atoms with Gasteiger partial charge in [-0.05, 0) is 0 Å². The molecule has 1 rings (SSSR count). The molecule has 0 fully saturated rings. The molecule has 0 spiro atoms. The van der Waals surface area contributed by atoms with Gasteiger partial charge in [0.15, 0.2) is 0 Å². The van der Waals surface area contributed by atoms with E-state index in [1.54, 1.807) is 0 Å². The van der Waals surface area contributed by atoms with Crippen LogP contribution in [0.2, 0.25) is 4.47 Å². The number of benzene rings is 1. The molecule has 0 saturated carbocycles. The molecule has 0 radical (unpaired) electrons. The van der Waals surface area contributed by atoms with E-state index < -0.39 is 0 Å². The standard InChI is InChI=1S/C9H9ClTe/c1-8(10)7-11-9-5-3-2-4-6-9/h2-6H,1,7H2. The molecule has 0 saturated heterocycles. The molecule has 0 aliphatic rings. The summed E-state index contributed by atoms with van der Waals surface area (Å²) in [5, 5.41) is 0.788. The Morgan fingerprint density at radius 3 is 2.55 bits per heavy atom. The van der Waals surface area contributed by atoms with Crippen molar-refractivity contribution >= 4 is 36.1 Å². The molecule has 0 atom stereocenters. The first-order valence-electron chi connectivity index (χ1n) is 3.30. The molecule has 0 unspecified atom stereocenters. The van der Waals surface area contributed by atoms with Crippen LogP contribution < -0.4 is 3.61 Å². The van der Waals surface area contributed by atoms with Crippen LogP contribution in [-0.4, -0.2) is 20.9 Å². The Hall–Kier alpha value is 0.0396. The molecule has 0 nitrogen and oxygen atoms in total. The van der Waals surface area contributed by atoms with E-state index in [-0.39, 0.29) is 20.9 Å². The summed E-state index contributed by atoms with van der Waals surface area (Å²) in [4.78, 5) is 0. The summed E-state index contributed by atoms with van der Waals surface area (Å²) in [6.45, 7) is 3.67. The Bertz CT molecular complexity index is 231. The Labute approximate surface area is 82.3 Å². The van der Waals surface area contributed by atoms with E-state index in [4.69, 9.17) is 11.6 Å². The Balaban J connectivity index is 2.45. The Morgan fingerprint density at radius 2 is 2.00 bits per heavy atom. The van der Waals surface area contributed by atoms with E-state index in [1.807, 2.05) is 6.07 Å². The van der Waals surface area contributed by atoms with Gasteiger partial charge in [-0.25, -0.2) is 0 Å². The molecule has 0 aromatic heterocycles. The fourth-order valence-corrected chi connectivity index (χ4v) is 2.96. The monoisotopic (exact) mass is 282 g/mol. The fourth-order valence-electron chi connectivity index (χ4n) is 0.678. The molecule has 0 aliphatic carbocycles. The van der Waals surface area contributed by atoms with Crippen molar-refractivity contribution in [2.75, 3.05) is 0 Å². The number of allylic oxidation sites excluding steroid dienone is 1. The first-order chi connectivity index (χ1) is 5.29. The fraction of sp³-hybridized carbons (Fsp3) is 0.111. The predicted octanol–water partition coefficient (Wildman–Crippen LogP) is 2.19. The summed E-state index contributed by atoms with van der Waals surface area (Å²) in [6.07, 6.45) is 0. The molecule has 0 bridgehead atoms. The zero-order valence-electron chi connectivity index (χ0n) is 6.09. The van der Waals surface area contributed by atoms with Crippen molar-refractivity contribution in [2.45, 2.75) is 4.47 Å². The van der Waals surface area contributed by atoms with Gasteiger partial charge in [-0.15, -0.1) is 0 Å². The number of hydrogen-bond acceptors (Lipinski definition) is 0. The summed E-state index contributed by atoms with van der Waals surface area (Å²) in [7, 11) is 0. The topological polar surface area (TPSA) is 0 Å². The van der Waals surface area contributed by atoms with Crippen molar-refractivity contribution in [3.05, 3.63) is 41.9 Å². The van der Waals surface area contributed by atoms with Gasteiger partial charge in [0.05, 0.1) is 0 Å². The van der Waals surface area contributed by atoms with Gasteiger partial charge >= 0.3 is 82.5 Å². The van der Waals surface area contributed by atoms with Gasteiger partial charge in [-0.2, -0.15) is 0 Å². The maximum atomic E-state index is 5.67. The van der Waals surface area contributed by atoms with Crippen LogP contribution >= 0.6 is 11.6 Å². The molecule has 58 valence electrons. The molecule has 1 aromatic rings.